The number of carbonyl (C=O) groups excluding carboxylic acids is 3. The number of benzene rings is 3. The van der Waals surface area contributed by atoms with Crippen LogP contribution < -0.4 is 32.6 Å². The molecule has 1 heterocycles. The minimum atomic E-state index is -0.743. The van der Waals surface area contributed by atoms with E-state index in [1.54, 1.807) is 42.5 Å². The van der Waals surface area contributed by atoms with Gasteiger partial charge in [0.1, 0.15) is 19.0 Å². The van der Waals surface area contributed by atoms with E-state index in [1.165, 1.54) is 10.8 Å². The van der Waals surface area contributed by atoms with Crippen molar-refractivity contribution in [3.05, 3.63) is 112 Å². The van der Waals surface area contributed by atoms with Crippen LogP contribution in [0.5, 0.6) is 0 Å². The van der Waals surface area contributed by atoms with Crippen LogP contribution in [-0.4, -0.2) is 45.4 Å². The summed E-state index contributed by atoms with van der Waals surface area (Å²) in [5, 5.41) is 19.5. The lowest BCUT2D eigenvalue weighted by molar-refractivity contribution is -0.121. The monoisotopic (exact) mass is 680 g/mol. The van der Waals surface area contributed by atoms with Gasteiger partial charge in [-0.15, -0.1) is 0 Å². The molecule has 0 saturated heterocycles. The fraction of sp³-hybridized carbons (Fsp3) is 0.297. The third kappa shape index (κ3) is 10.3. The molecule has 4 rings (SSSR count). The van der Waals surface area contributed by atoms with Crippen LogP contribution in [0, 0.1) is 5.41 Å². The fourth-order valence-corrected chi connectivity index (χ4v) is 4.77. The van der Waals surface area contributed by atoms with Crippen LogP contribution in [0.25, 0.3) is 11.3 Å². The number of anilines is 2. The molecule has 13 nitrogen and oxygen atoms in total. The van der Waals surface area contributed by atoms with Crippen molar-refractivity contribution in [1.29, 1.82) is 5.41 Å². The van der Waals surface area contributed by atoms with Crippen LogP contribution in [0.2, 0.25) is 0 Å². The maximum Gasteiger partial charge on any atom is 0.413 e. The summed E-state index contributed by atoms with van der Waals surface area (Å²) < 4.78 is 6.49. The standard InChI is InChI=1S/C37H44N8O5/c1-5-23(3)42-34-36(48)45(31(20-41-34)28-16-29(18-30(38)17-28)35(47)43-24(4)6-2)21-32(46)40-19-25-12-14-27(15-13-25)33(39)44-37(49)50-22-26-10-8-7-9-11-26/h7-18,20,23-24H,5-6,19,21-22,38H2,1-4H3,(H,40,46)(H,41,42)(H,43,47)(H2,39,44,49)/t23-,24+/m0/s1. The molecule has 50 heavy (non-hydrogen) atoms. The molecule has 0 unspecified atom stereocenters. The Balaban J connectivity index is 1.46. The number of amidine groups is 1. The van der Waals surface area contributed by atoms with Crippen molar-refractivity contribution in [2.45, 2.75) is 72.3 Å². The number of nitrogens with zero attached hydrogens (tertiary/aromatic N) is 2. The van der Waals surface area contributed by atoms with E-state index >= 15 is 0 Å². The van der Waals surface area contributed by atoms with Crippen LogP contribution in [0.4, 0.5) is 16.3 Å². The Labute approximate surface area is 291 Å². The molecule has 2 atom stereocenters. The second kappa shape index (κ2) is 17.4. The van der Waals surface area contributed by atoms with Crippen molar-refractivity contribution in [2.75, 3.05) is 11.1 Å². The Morgan fingerprint density at radius 3 is 2.30 bits per heavy atom. The second-order valence-corrected chi connectivity index (χ2v) is 12.0. The van der Waals surface area contributed by atoms with Gasteiger partial charge in [0.05, 0.1) is 11.9 Å². The van der Waals surface area contributed by atoms with E-state index in [4.69, 9.17) is 15.9 Å². The number of rotatable bonds is 14. The van der Waals surface area contributed by atoms with E-state index in [-0.39, 0.29) is 49.3 Å². The second-order valence-electron chi connectivity index (χ2n) is 12.0. The number of nitrogens with one attached hydrogen (secondary N) is 5. The molecule has 0 bridgehead atoms. The first-order valence-corrected chi connectivity index (χ1v) is 16.5. The smallest absolute Gasteiger partial charge is 0.413 e. The van der Waals surface area contributed by atoms with Gasteiger partial charge < -0.3 is 26.4 Å². The number of carbonyl (C=O) groups is 3. The summed E-state index contributed by atoms with van der Waals surface area (Å²) in [6.45, 7) is 7.66. The van der Waals surface area contributed by atoms with Crippen LogP contribution in [0.3, 0.4) is 0 Å². The minimum Gasteiger partial charge on any atom is -0.444 e. The number of hydrogen-bond acceptors (Lipinski definition) is 9. The fourth-order valence-electron chi connectivity index (χ4n) is 4.77. The van der Waals surface area contributed by atoms with E-state index in [9.17, 15) is 19.2 Å². The van der Waals surface area contributed by atoms with Gasteiger partial charge in [-0.1, -0.05) is 68.4 Å². The van der Waals surface area contributed by atoms with Crippen molar-refractivity contribution in [2.24, 2.45) is 0 Å². The zero-order chi connectivity index (χ0) is 36.2. The van der Waals surface area contributed by atoms with Crippen molar-refractivity contribution in [3.63, 3.8) is 0 Å². The molecule has 0 aliphatic heterocycles. The number of alkyl carbamates (subject to hydrolysis) is 1. The molecule has 0 spiro atoms. The summed E-state index contributed by atoms with van der Waals surface area (Å²) in [4.78, 5) is 56.4. The van der Waals surface area contributed by atoms with Crippen molar-refractivity contribution in [1.82, 2.24) is 25.5 Å². The summed E-state index contributed by atoms with van der Waals surface area (Å²) in [6, 6.07) is 20.7. The summed E-state index contributed by atoms with van der Waals surface area (Å²) in [6.07, 6.45) is 2.25. The predicted octanol–water partition coefficient (Wildman–Crippen LogP) is 4.80. The molecule has 262 valence electrons. The molecular weight excluding hydrogens is 636 g/mol. The van der Waals surface area contributed by atoms with Gasteiger partial charge in [-0.05, 0) is 56.0 Å². The first-order valence-electron chi connectivity index (χ1n) is 16.5. The molecular formula is C37H44N8O5. The van der Waals surface area contributed by atoms with E-state index in [0.717, 1.165) is 24.0 Å². The Hall–Kier alpha value is -5.98. The maximum absolute atomic E-state index is 13.7. The molecule has 13 heteroatoms. The average molecular weight is 681 g/mol. The summed E-state index contributed by atoms with van der Waals surface area (Å²) in [7, 11) is 0. The van der Waals surface area contributed by atoms with Crippen LogP contribution in [0.15, 0.2) is 83.8 Å². The van der Waals surface area contributed by atoms with Crippen molar-refractivity contribution in [3.8, 4) is 11.3 Å². The lowest BCUT2D eigenvalue weighted by Crippen LogP contribution is -2.35. The third-order valence-corrected chi connectivity index (χ3v) is 8.03. The van der Waals surface area contributed by atoms with E-state index in [2.05, 4.69) is 26.3 Å². The molecule has 0 aliphatic rings. The largest absolute Gasteiger partial charge is 0.444 e. The molecule has 1 aromatic heterocycles. The highest BCUT2D eigenvalue weighted by Gasteiger charge is 2.19. The zero-order valence-corrected chi connectivity index (χ0v) is 28.7. The SMILES string of the molecule is CC[C@@H](C)NC(=O)c1cc(N)cc(-c2cnc(N[C@@H](C)CC)c(=O)n2CC(=O)NCc2ccc(C(=N)NC(=O)OCc3ccccc3)cc2)c1. The third-order valence-electron chi connectivity index (χ3n) is 8.03. The highest BCUT2D eigenvalue weighted by molar-refractivity contribution is 6.04. The number of aromatic nitrogens is 2. The Morgan fingerprint density at radius 1 is 0.920 bits per heavy atom. The molecule has 3 aromatic carbocycles. The topological polar surface area (TPSA) is 193 Å². The first kappa shape index (κ1) is 36.8. The number of ether oxygens (including phenoxy) is 1. The first-order chi connectivity index (χ1) is 24.0. The van der Waals surface area contributed by atoms with Gasteiger partial charge in [-0.25, -0.2) is 9.78 Å². The molecule has 0 aliphatic carbocycles. The number of nitrogens with two attached hydrogens (primary N) is 1. The van der Waals surface area contributed by atoms with Gasteiger partial charge >= 0.3 is 6.09 Å². The van der Waals surface area contributed by atoms with Gasteiger partial charge in [0.15, 0.2) is 5.82 Å². The Morgan fingerprint density at radius 2 is 1.62 bits per heavy atom. The number of hydrogen-bond donors (Lipinski definition) is 6. The Bertz CT molecular complexity index is 1880. The molecule has 0 fully saturated rings. The molecule has 0 saturated carbocycles. The lowest BCUT2D eigenvalue weighted by Gasteiger charge is -2.18. The Kier molecular flexibility index (Phi) is 12.8. The van der Waals surface area contributed by atoms with Gasteiger partial charge in [-0.2, -0.15) is 0 Å². The normalized spacial score (nSPS) is 11.9. The summed E-state index contributed by atoms with van der Waals surface area (Å²) >= 11 is 0. The molecule has 3 amide bonds. The number of nitrogen functional groups attached to an aromatic ring is 1. The zero-order valence-electron chi connectivity index (χ0n) is 28.7. The summed E-state index contributed by atoms with van der Waals surface area (Å²) in [5.41, 5.74) is 9.12. The molecule has 0 radical (unpaired) electrons. The highest BCUT2D eigenvalue weighted by atomic mass is 16.5. The van der Waals surface area contributed by atoms with Crippen LogP contribution in [0.1, 0.15) is 67.6 Å². The number of amides is 3. The lowest BCUT2D eigenvalue weighted by atomic mass is 10.1. The average Bonchev–Trinajstić information content (AvgIpc) is 3.11. The summed E-state index contributed by atoms with van der Waals surface area (Å²) in [5.74, 6) is -0.771. The van der Waals surface area contributed by atoms with Crippen LogP contribution in [-0.2, 0) is 29.2 Å². The maximum atomic E-state index is 13.7. The quantitative estimate of drug-likeness (QED) is 0.0621. The highest BCUT2D eigenvalue weighted by Crippen LogP contribution is 2.24. The van der Waals surface area contributed by atoms with Gasteiger partial charge in [0.2, 0.25) is 5.91 Å². The van der Waals surface area contributed by atoms with Crippen LogP contribution >= 0.6 is 0 Å². The molecule has 7 N–H and O–H groups in total. The molecule has 4 aromatic rings. The minimum absolute atomic E-state index is 0.0360. The van der Waals surface area contributed by atoms with E-state index < -0.39 is 17.6 Å². The van der Waals surface area contributed by atoms with E-state index in [0.29, 0.717) is 28.1 Å². The predicted molar refractivity (Wildman–Crippen MR) is 194 cm³/mol. The van der Waals surface area contributed by atoms with Crippen molar-refractivity contribution < 1.29 is 19.1 Å². The van der Waals surface area contributed by atoms with Crippen molar-refractivity contribution >= 4 is 35.2 Å². The van der Waals surface area contributed by atoms with Gasteiger partial charge in [0.25, 0.3) is 11.5 Å². The van der Waals surface area contributed by atoms with Gasteiger partial charge in [0, 0.05) is 41.0 Å². The van der Waals surface area contributed by atoms with E-state index in [1.807, 2.05) is 58.0 Å². The van der Waals surface area contributed by atoms with Gasteiger partial charge in [-0.3, -0.25) is 29.7 Å².